The highest BCUT2D eigenvalue weighted by molar-refractivity contribution is 7.90. The van der Waals surface area contributed by atoms with E-state index in [0.717, 1.165) is 62.8 Å². The first-order chi connectivity index (χ1) is 17.5. The van der Waals surface area contributed by atoms with E-state index in [-0.39, 0.29) is 23.5 Å². The van der Waals surface area contributed by atoms with Gasteiger partial charge in [-0.3, -0.25) is 4.99 Å². The first-order valence-electron chi connectivity index (χ1n) is 13.8. The third-order valence-corrected chi connectivity index (χ3v) is 8.62. The molecule has 1 aromatic carbocycles. The van der Waals surface area contributed by atoms with Gasteiger partial charge in [-0.05, 0) is 65.5 Å². The molecule has 1 N–H and O–H groups in total. The van der Waals surface area contributed by atoms with Crippen LogP contribution in [0.4, 0.5) is 4.79 Å². The van der Waals surface area contributed by atoms with E-state index in [0.29, 0.717) is 5.84 Å². The number of ether oxygens (including phenoxy) is 1. The van der Waals surface area contributed by atoms with Crippen LogP contribution in [0, 0.1) is 12.8 Å². The van der Waals surface area contributed by atoms with Gasteiger partial charge in [0.1, 0.15) is 17.3 Å². The lowest BCUT2D eigenvalue weighted by atomic mass is 9.86. The van der Waals surface area contributed by atoms with Gasteiger partial charge in [0.2, 0.25) is 0 Å². The summed E-state index contributed by atoms with van der Waals surface area (Å²) < 4.78 is 36.6. The summed E-state index contributed by atoms with van der Waals surface area (Å²) in [7, 11) is -3.92. The summed E-state index contributed by atoms with van der Waals surface area (Å²) in [5, 5.41) is 2.85. The number of amidine groups is 2. The van der Waals surface area contributed by atoms with Crippen LogP contribution in [0.2, 0.25) is 0 Å². The number of amides is 1. The number of hydrogen-bond acceptors (Lipinski definition) is 5. The van der Waals surface area contributed by atoms with E-state index in [1.54, 1.807) is 24.3 Å². The zero-order chi connectivity index (χ0) is 26.6. The zero-order valence-corrected chi connectivity index (χ0v) is 23.5. The van der Waals surface area contributed by atoms with Crippen molar-refractivity contribution < 1.29 is 17.9 Å². The van der Waals surface area contributed by atoms with Crippen LogP contribution in [0.5, 0.6) is 0 Å². The van der Waals surface area contributed by atoms with Crippen molar-refractivity contribution in [3.8, 4) is 0 Å². The molecule has 3 aliphatic rings. The number of aliphatic imine (C=N–C) groups is 1. The molecule has 0 aromatic heterocycles. The maximum atomic E-state index is 13.4. The Morgan fingerprint density at radius 3 is 2.16 bits per heavy atom. The number of nitrogens with zero attached hydrogens (tertiary/aromatic N) is 3. The minimum absolute atomic E-state index is 0.172. The largest absolute Gasteiger partial charge is 0.444 e. The lowest BCUT2D eigenvalue weighted by Crippen LogP contribution is -2.65. The van der Waals surface area contributed by atoms with Crippen LogP contribution in [-0.2, 0) is 14.8 Å². The Balaban J connectivity index is 1.68. The number of hydrogen-bond donors (Lipinski definition) is 1. The first kappa shape index (κ1) is 27.6. The van der Waals surface area contributed by atoms with Gasteiger partial charge in [-0.1, -0.05) is 56.2 Å². The average molecular weight is 531 g/mol. The molecule has 3 fully saturated rings. The SMILES string of the molecule is Cc1ccc(S(=O)(=O)/N=C2/C(CNC(=O)OC(C)(C)C)C(=NC3CCCCC3)N2C2CCCCC2)cc1. The van der Waals surface area contributed by atoms with Gasteiger partial charge in [-0.25, -0.2) is 4.79 Å². The second-order valence-corrected chi connectivity index (χ2v) is 13.2. The second-order valence-electron chi connectivity index (χ2n) is 11.6. The summed E-state index contributed by atoms with van der Waals surface area (Å²) in [5.74, 6) is 0.961. The molecule has 4 rings (SSSR count). The summed E-state index contributed by atoms with van der Waals surface area (Å²) in [5.41, 5.74) is 0.364. The van der Waals surface area contributed by atoms with Crippen LogP contribution in [0.3, 0.4) is 0 Å². The van der Waals surface area contributed by atoms with E-state index < -0.39 is 27.6 Å². The van der Waals surface area contributed by atoms with Gasteiger partial charge >= 0.3 is 6.09 Å². The average Bonchev–Trinajstić information content (AvgIpc) is 2.84. The maximum Gasteiger partial charge on any atom is 0.407 e. The van der Waals surface area contributed by atoms with E-state index >= 15 is 0 Å². The minimum Gasteiger partial charge on any atom is -0.444 e. The highest BCUT2D eigenvalue weighted by atomic mass is 32.2. The molecule has 1 aromatic rings. The van der Waals surface area contributed by atoms with E-state index in [4.69, 9.17) is 9.73 Å². The number of nitrogens with one attached hydrogen (secondary N) is 1. The van der Waals surface area contributed by atoms with Gasteiger partial charge in [0, 0.05) is 12.6 Å². The Morgan fingerprint density at radius 2 is 1.57 bits per heavy atom. The summed E-state index contributed by atoms with van der Waals surface area (Å²) in [6, 6.07) is 7.18. The van der Waals surface area contributed by atoms with E-state index in [1.807, 2.05) is 27.7 Å². The smallest absolute Gasteiger partial charge is 0.407 e. The number of aryl methyl sites for hydroxylation is 1. The van der Waals surface area contributed by atoms with Crippen LogP contribution >= 0.6 is 0 Å². The second kappa shape index (κ2) is 11.5. The molecule has 1 heterocycles. The highest BCUT2D eigenvalue weighted by Gasteiger charge is 2.47. The molecule has 37 heavy (non-hydrogen) atoms. The van der Waals surface area contributed by atoms with Gasteiger partial charge in [-0.2, -0.15) is 8.42 Å². The van der Waals surface area contributed by atoms with Crippen LogP contribution in [-0.4, -0.2) is 55.3 Å². The first-order valence-corrected chi connectivity index (χ1v) is 15.2. The van der Waals surface area contributed by atoms with Crippen molar-refractivity contribution in [3.63, 3.8) is 0 Å². The Labute approximate surface area is 222 Å². The molecule has 1 amide bonds. The number of carbonyl (C=O) groups is 1. The Kier molecular flexibility index (Phi) is 8.61. The maximum absolute atomic E-state index is 13.4. The lowest BCUT2D eigenvalue weighted by molar-refractivity contribution is 0.0524. The number of rotatable bonds is 6. The van der Waals surface area contributed by atoms with Crippen molar-refractivity contribution in [2.75, 3.05) is 6.54 Å². The van der Waals surface area contributed by atoms with Crippen molar-refractivity contribution in [1.29, 1.82) is 0 Å². The summed E-state index contributed by atoms with van der Waals surface area (Å²) in [6.45, 7) is 7.57. The van der Waals surface area contributed by atoms with Gasteiger partial charge in [0.05, 0.1) is 16.9 Å². The predicted octanol–water partition coefficient (Wildman–Crippen LogP) is 5.60. The monoisotopic (exact) mass is 530 g/mol. The van der Waals surface area contributed by atoms with Crippen LogP contribution in [0.15, 0.2) is 38.6 Å². The normalized spacial score (nSPS) is 24.2. The van der Waals surface area contributed by atoms with Gasteiger partial charge < -0.3 is 15.0 Å². The standard InChI is InChI=1S/C28H42N4O4S/c1-20-15-17-23(18-16-20)37(34,35)31-26-24(19-29-27(33)36-28(2,3)4)25(30-21-11-7-5-8-12-21)32(26)22-13-9-6-10-14-22/h15-18,21-22,24H,5-14,19H2,1-4H3,(H,29,33)/b30-25?,31-26-. The van der Waals surface area contributed by atoms with Crippen molar-refractivity contribution in [1.82, 2.24) is 10.2 Å². The predicted molar refractivity (Wildman–Crippen MR) is 147 cm³/mol. The van der Waals surface area contributed by atoms with Crippen molar-refractivity contribution in [2.24, 2.45) is 15.3 Å². The molecule has 0 radical (unpaired) electrons. The molecular formula is C28H42N4O4S. The quantitative estimate of drug-likeness (QED) is 0.516. The minimum atomic E-state index is -3.92. The van der Waals surface area contributed by atoms with Gasteiger partial charge in [-0.15, -0.1) is 4.40 Å². The molecule has 1 saturated heterocycles. The molecule has 2 aliphatic carbocycles. The van der Waals surface area contributed by atoms with Crippen molar-refractivity contribution in [2.45, 2.75) is 114 Å². The van der Waals surface area contributed by atoms with Gasteiger partial charge in [0.15, 0.2) is 0 Å². The molecule has 0 spiro atoms. The molecule has 8 nitrogen and oxygen atoms in total. The fourth-order valence-corrected chi connectivity index (χ4v) is 6.49. The van der Waals surface area contributed by atoms with E-state index in [9.17, 15) is 13.2 Å². The zero-order valence-electron chi connectivity index (χ0n) is 22.7. The summed E-state index contributed by atoms with van der Waals surface area (Å²) in [6.07, 6.45) is 10.5. The van der Waals surface area contributed by atoms with E-state index in [1.165, 1.54) is 12.8 Å². The number of benzene rings is 1. The Hall–Kier alpha value is -2.42. The van der Waals surface area contributed by atoms with Crippen LogP contribution < -0.4 is 5.32 Å². The fourth-order valence-electron chi connectivity index (χ4n) is 5.44. The van der Waals surface area contributed by atoms with Crippen LogP contribution in [0.1, 0.15) is 90.5 Å². The Morgan fingerprint density at radius 1 is 0.973 bits per heavy atom. The third kappa shape index (κ3) is 7.12. The molecule has 1 unspecified atom stereocenters. The number of sulfonamides is 1. The lowest BCUT2D eigenvalue weighted by Gasteiger charge is -2.49. The molecule has 1 atom stereocenters. The molecule has 1 aliphatic heterocycles. The highest BCUT2D eigenvalue weighted by Crippen LogP contribution is 2.35. The summed E-state index contributed by atoms with van der Waals surface area (Å²) in [4.78, 5) is 19.9. The summed E-state index contributed by atoms with van der Waals surface area (Å²) >= 11 is 0. The number of likely N-dealkylation sites (tertiary alicyclic amines) is 1. The number of carbonyl (C=O) groups excluding carboxylic acids is 1. The fraction of sp³-hybridized carbons (Fsp3) is 0.679. The third-order valence-electron chi connectivity index (χ3n) is 7.33. The molecule has 2 saturated carbocycles. The molecule has 0 bridgehead atoms. The molecule has 204 valence electrons. The van der Waals surface area contributed by atoms with Gasteiger partial charge in [0.25, 0.3) is 10.0 Å². The van der Waals surface area contributed by atoms with Crippen molar-refractivity contribution in [3.05, 3.63) is 29.8 Å². The number of alkyl carbamates (subject to hydrolysis) is 1. The molecular weight excluding hydrogens is 488 g/mol. The van der Waals surface area contributed by atoms with Crippen LogP contribution in [0.25, 0.3) is 0 Å². The van der Waals surface area contributed by atoms with E-state index in [2.05, 4.69) is 14.6 Å². The topological polar surface area (TPSA) is 100 Å². The molecule has 9 heteroatoms. The Bertz CT molecular complexity index is 1110. The van der Waals surface area contributed by atoms with Crippen molar-refractivity contribution >= 4 is 27.8 Å².